The Hall–Kier alpha value is -0.630. The highest BCUT2D eigenvalue weighted by Gasteiger charge is 2.19. The first-order chi connectivity index (χ1) is 5.70. The summed E-state index contributed by atoms with van der Waals surface area (Å²) < 4.78 is 0. The van der Waals surface area contributed by atoms with Crippen molar-refractivity contribution in [2.24, 2.45) is 0 Å². The van der Waals surface area contributed by atoms with Crippen molar-refractivity contribution < 1.29 is 4.79 Å². The van der Waals surface area contributed by atoms with Gasteiger partial charge >= 0.3 is 0 Å². The highest BCUT2D eigenvalue weighted by atomic mass is 16.1. The van der Waals surface area contributed by atoms with Gasteiger partial charge in [0.05, 0.1) is 0 Å². The van der Waals surface area contributed by atoms with Crippen molar-refractivity contribution in [1.29, 1.82) is 0 Å². The lowest BCUT2D eigenvalue weighted by molar-refractivity contribution is -0.121. The summed E-state index contributed by atoms with van der Waals surface area (Å²) in [5, 5.41) is 0. The van der Waals surface area contributed by atoms with E-state index in [0.29, 0.717) is 11.8 Å². The summed E-state index contributed by atoms with van der Waals surface area (Å²) in [6.07, 6.45) is 3.71. The Kier molecular flexibility index (Phi) is 5.64. The molecule has 0 amide bonds. The normalized spacial score (nSPS) is 18.8. The summed E-state index contributed by atoms with van der Waals surface area (Å²) in [5.41, 5.74) is 0. The van der Waals surface area contributed by atoms with Crippen molar-refractivity contribution in [3.8, 4) is 0 Å². The van der Waals surface area contributed by atoms with Gasteiger partial charge in [0, 0.05) is 18.9 Å². The molecule has 0 heterocycles. The van der Waals surface area contributed by atoms with E-state index >= 15 is 0 Å². The zero-order chi connectivity index (χ0) is 9.56. The largest absolute Gasteiger partial charge is 0.306 e. The van der Waals surface area contributed by atoms with E-state index in [-0.39, 0.29) is 0 Å². The first-order valence-electron chi connectivity index (χ1n) is 4.38. The summed E-state index contributed by atoms with van der Waals surface area (Å²) in [4.78, 5) is 13.0. The first-order valence-corrected chi connectivity index (χ1v) is 4.38. The standard InChI is InChI=1S/C8H15NO.C2H4/c1-9(2)7-3-5-8(10)6-4-7;1-2/h7H,3-6H2,1-2H3;1-2H2. The predicted octanol–water partition coefficient (Wildman–Crippen LogP) is 1.86. The van der Waals surface area contributed by atoms with E-state index in [2.05, 4.69) is 32.2 Å². The van der Waals surface area contributed by atoms with Crippen molar-refractivity contribution >= 4 is 5.78 Å². The van der Waals surface area contributed by atoms with Crippen molar-refractivity contribution in [2.45, 2.75) is 31.7 Å². The Balaban J connectivity index is 0.000000561. The van der Waals surface area contributed by atoms with Crippen molar-refractivity contribution in [3.63, 3.8) is 0 Å². The second-order valence-corrected chi connectivity index (χ2v) is 3.23. The van der Waals surface area contributed by atoms with Gasteiger partial charge in [-0.05, 0) is 26.9 Å². The van der Waals surface area contributed by atoms with Gasteiger partial charge in [0.1, 0.15) is 5.78 Å². The smallest absolute Gasteiger partial charge is 0.133 e. The second-order valence-electron chi connectivity index (χ2n) is 3.23. The third-order valence-corrected chi connectivity index (χ3v) is 2.24. The van der Waals surface area contributed by atoms with Crippen LogP contribution in [0.25, 0.3) is 0 Å². The quantitative estimate of drug-likeness (QED) is 0.558. The Labute approximate surface area is 75.3 Å². The maximum Gasteiger partial charge on any atom is 0.133 e. The molecule has 0 atom stereocenters. The average Bonchev–Trinajstić information content (AvgIpc) is 2.09. The Morgan fingerprint density at radius 1 is 1.25 bits per heavy atom. The van der Waals surface area contributed by atoms with Gasteiger partial charge in [-0.2, -0.15) is 0 Å². The Bertz CT molecular complexity index is 133. The molecular formula is C10H19NO. The van der Waals surface area contributed by atoms with Gasteiger partial charge in [0.2, 0.25) is 0 Å². The second kappa shape index (κ2) is 5.95. The predicted molar refractivity (Wildman–Crippen MR) is 52.2 cm³/mol. The molecule has 2 nitrogen and oxygen atoms in total. The number of hydrogen-bond donors (Lipinski definition) is 0. The van der Waals surface area contributed by atoms with Gasteiger partial charge in [-0.15, -0.1) is 13.2 Å². The molecule has 1 saturated carbocycles. The molecule has 0 unspecified atom stereocenters. The van der Waals surface area contributed by atoms with E-state index in [1.807, 2.05) is 0 Å². The molecule has 1 fully saturated rings. The van der Waals surface area contributed by atoms with Crippen LogP contribution in [0.4, 0.5) is 0 Å². The molecule has 0 aliphatic heterocycles. The van der Waals surface area contributed by atoms with Gasteiger partial charge < -0.3 is 4.90 Å². The van der Waals surface area contributed by atoms with Crippen LogP contribution in [0.2, 0.25) is 0 Å². The molecule has 1 aliphatic carbocycles. The Morgan fingerprint density at radius 2 is 1.67 bits per heavy atom. The van der Waals surface area contributed by atoms with Gasteiger partial charge in [0.15, 0.2) is 0 Å². The van der Waals surface area contributed by atoms with E-state index in [1.54, 1.807) is 0 Å². The molecule has 0 aromatic carbocycles. The van der Waals surface area contributed by atoms with Crippen LogP contribution in [0.5, 0.6) is 0 Å². The topological polar surface area (TPSA) is 20.3 Å². The molecule has 0 aromatic rings. The highest BCUT2D eigenvalue weighted by Crippen LogP contribution is 2.17. The summed E-state index contributed by atoms with van der Waals surface area (Å²) in [6.45, 7) is 6.00. The van der Waals surface area contributed by atoms with E-state index in [9.17, 15) is 4.79 Å². The fourth-order valence-electron chi connectivity index (χ4n) is 1.44. The van der Waals surface area contributed by atoms with Gasteiger partial charge in [-0.1, -0.05) is 0 Å². The third kappa shape index (κ3) is 3.67. The molecule has 1 rings (SSSR count). The molecule has 0 N–H and O–H groups in total. The number of carbonyl (C=O) groups excluding carboxylic acids is 1. The first kappa shape index (κ1) is 11.4. The van der Waals surface area contributed by atoms with Crippen LogP contribution in [-0.4, -0.2) is 30.8 Å². The zero-order valence-corrected chi connectivity index (χ0v) is 8.18. The summed E-state index contributed by atoms with van der Waals surface area (Å²) in [7, 11) is 4.17. The zero-order valence-electron chi connectivity index (χ0n) is 8.18. The van der Waals surface area contributed by atoms with Crippen LogP contribution in [0.3, 0.4) is 0 Å². The number of ketones is 1. The lowest BCUT2D eigenvalue weighted by Crippen LogP contribution is -2.32. The van der Waals surface area contributed by atoms with Crippen LogP contribution in [0.15, 0.2) is 13.2 Å². The lowest BCUT2D eigenvalue weighted by atomic mass is 9.94. The van der Waals surface area contributed by atoms with E-state index in [1.165, 1.54) is 0 Å². The summed E-state index contributed by atoms with van der Waals surface area (Å²) >= 11 is 0. The van der Waals surface area contributed by atoms with Crippen molar-refractivity contribution in [2.75, 3.05) is 14.1 Å². The maximum atomic E-state index is 10.8. The van der Waals surface area contributed by atoms with Gasteiger partial charge in [0.25, 0.3) is 0 Å². The highest BCUT2D eigenvalue weighted by molar-refractivity contribution is 5.79. The number of hydrogen-bond acceptors (Lipinski definition) is 2. The van der Waals surface area contributed by atoms with Crippen LogP contribution >= 0.6 is 0 Å². The monoisotopic (exact) mass is 169 g/mol. The molecular weight excluding hydrogens is 150 g/mol. The van der Waals surface area contributed by atoms with Gasteiger partial charge in [-0.25, -0.2) is 0 Å². The van der Waals surface area contributed by atoms with E-state index in [0.717, 1.165) is 25.7 Å². The van der Waals surface area contributed by atoms with Gasteiger partial charge in [-0.3, -0.25) is 4.79 Å². The summed E-state index contributed by atoms with van der Waals surface area (Å²) in [6, 6.07) is 0.651. The molecule has 0 radical (unpaired) electrons. The SMILES string of the molecule is C=C.CN(C)C1CCC(=O)CC1. The third-order valence-electron chi connectivity index (χ3n) is 2.24. The van der Waals surface area contributed by atoms with Crippen molar-refractivity contribution in [1.82, 2.24) is 4.90 Å². The van der Waals surface area contributed by atoms with Crippen LogP contribution in [0, 0.1) is 0 Å². The molecule has 1 aliphatic rings. The Morgan fingerprint density at radius 3 is 2.00 bits per heavy atom. The fourth-order valence-corrected chi connectivity index (χ4v) is 1.44. The number of nitrogens with zero attached hydrogens (tertiary/aromatic N) is 1. The molecule has 0 bridgehead atoms. The number of carbonyl (C=O) groups is 1. The summed E-state index contributed by atoms with van der Waals surface area (Å²) in [5.74, 6) is 0.443. The van der Waals surface area contributed by atoms with Crippen molar-refractivity contribution in [3.05, 3.63) is 13.2 Å². The number of Topliss-reactive ketones (excluding diaryl/α,β-unsaturated/α-hetero) is 1. The maximum absolute atomic E-state index is 10.8. The minimum absolute atomic E-state index is 0.443. The molecule has 0 spiro atoms. The van der Waals surface area contributed by atoms with E-state index < -0.39 is 0 Å². The molecule has 70 valence electrons. The minimum Gasteiger partial charge on any atom is -0.306 e. The molecule has 12 heavy (non-hydrogen) atoms. The molecule has 0 aromatic heterocycles. The van der Waals surface area contributed by atoms with Crippen LogP contribution < -0.4 is 0 Å². The molecule has 0 saturated heterocycles. The number of rotatable bonds is 1. The average molecular weight is 169 g/mol. The lowest BCUT2D eigenvalue weighted by Gasteiger charge is -2.26. The van der Waals surface area contributed by atoms with E-state index in [4.69, 9.17) is 0 Å². The van der Waals surface area contributed by atoms with Crippen LogP contribution in [-0.2, 0) is 4.79 Å². The molecule has 2 heteroatoms. The van der Waals surface area contributed by atoms with Crippen LogP contribution in [0.1, 0.15) is 25.7 Å². The minimum atomic E-state index is 0.443. The fraction of sp³-hybridized carbons (Fsp3) is 0.700.